The molecule has 5 heteroatoms. The zero-order valence-corrected chi connectivity index (χ0v) is 14.1. The van der Waals surface area contributed by atoms with Crippen LogP contribution in [0.3, 0.4) is 0 Å². The van der Waals surface area contributed by atoms with Crippen LogP contribution in [0.5, 0.6) is 17.2 Å². The van der Waals surface area contributed by atoms with E-state index >= 15 is 0 Å². The summed E-state index contributed by atoms with van der Waals surface area (Å²) in [5, 5.41) is 8.23. The van der Waals surface area contributed by atoms with Gasteiger partial charge in [-0.05, 0) is 60.7 Å². The van der Waals surface area contributed by atoms with Crippen LogP contribution in [-0.4, -0.2) is 17.3 Å². The monoisotopic (exact) mass is 344 g/mol. The lowest BCUT2D eigenvalue weighted by Gasteiger charge is -2.06. The molecule has 1 aromatic heterocycles. The van der Waals surface area contributed by atoms with Crippen molar-refractivity contribution in [3.8, 4) is 40.2 Å². The van der Waals surface area contributed by atoms with Crippen LogP contribution in [0.1, 0.15) is 0 Å². The SMILES string of the molecule is COc1ccc(Oc2ccc(-c3nnc(-c4ccccc4)o3)cc2)cc1. The first-order valence-corrected chi connectivity index (χ1v) is 8.13. The lowest BCUT2D eigenvalue weighted by atomic mass is 10.2. The van der Waals surface area contributed by atoms with Crippen LogP contribution in [0.25, 0.3) is 22.9 Å². The lowest BCUT2D eigenvalue weighted by Crippen LogP contribution is -1.86. The van der Waals surface area contributed by atoms with Crippen LogP contribution in [-0.2, 0) is 0 Å². The molecule has 0 N–H and O–H groups in total. The van der Waals surface area contributed by atoms with Gasteiger partial charge in [0.1, 0.15) is 17.2 Å². The van der Waals surface area contributed by atoms with E-state index in [-0.39, 0.29) is 0 Å². The first-order chi connectivity index (χ1) is 12.8. The standard InChI is InChI=1S/C21H16N2O3/c1-24-17-11-13-19(14-12-17)25-18-9-7-16(8-10-18)21-23-22-20(26-21)15-5-3-2-4-6-15/h2-14H,1H3. The fraction of sp³-hybridized carbons (Fsp3) is 0.0476. The molecule has 4 rings (SSSR count). The molecule has 0 radical (unpaired) electrons. The molecule has 0 atom stereocenters. The molecule has 0 unspecified atom stereocenters. The van der Waals surface area contributed by atoms with Gasteiger partial charge in [0, 0.05) is 11.1 Å². The lowest BCUT2D eigenvalue weighted by molar-refractivity contribution is 0.413. The maximum atomic E-state index is 5.82. The highest BCUT2D eigenvalue weighted by atomic mass is 16.5. The minimum atomic E-state index is 0.472. The Bertz CT molecular complexity index is 978. The first kappa shape index (κ1) is 15.9. The Labute approximate surface area is 150 Å². The first-order valence-electron chi connectivity index (χ1n) is 8.13. The molecule has 0 saturated carbocycles. The Kier molecular flexibility index (Phi) is 4.35. The third-order valence-electron chi connectivity index (χ3n) is 3.84. The molecular formula is C21H16N2O3. The summed E-state index contributed by atoms with van der Waals surface area (Å²) in [5.41, 5.74) is 1.73. The zero-order chi connectivity index (χ0) is 17.8. The van der Waals surface area contributed by atoms with Crippen molar-refractivity contribution in [2.75, 3.05) is 7.11 Å². The van der Waals surface area contributed by atoms with Gasteiger partial charge in [-0.2, -0.15) is 0 Å². The number of methoxy groups -OCH3 is 1. The summed E-state index contributed by atoms with van der Waals surface area (Å²) in [6.45, 7) is 0. The van der Waals surface area contributed by atoms with Crippen molar-refractivity contribution >= 4 is 0 Å². The molecule has 0 aliphatic carbocycles. The Hall–Kier alpha value is -3.60. The van der Waals surface area contributed by atoms with E-state index in [1.54, 1.807) is 7.11 Å². The van der Waals surface area contributed by atoms with Crippen LogP contribution < -0.4 is 9.47 Å². The Balaban J connectivity index is 1.50. The quantitative estimate of drug-likeness (QED) is 0.498. The maximum absolute atomic E-state index is 5.82. The van der Waals surface area contributed by atoms with Crippen molar-refractivity contribution in [1.82, 2.24) is 10.2 Å². The van der Waals surface area contributed by atoms with Crippen LogP contribution >= 0.6 is 0 Å². The molecule has 0 bridgehead atoms. The molecule has 0 amide bonds. The van der Waals surface area contributed by atoms with Gasteiger partial charge >= 0.3 is 0 Å². The Morgan fingerprint density at radius 2 is 1.12 bits per heavy atom. The van der Waals surface area contributed by atoms with E-state index in [9.17, 15) is 0 Å². The van der Waals surface area contributed by atoms with Gasteiger partial charge in [-0.15, -0.1) is 10.2 Å². The van der Waals surface area contributed by atoms with Crippen LogP contribution in [0, 0.1) is 0 Å². The highest BCUT2D eigenvalue weighted by Crippen LogP contribution is 2.28. The average Bonchev–Trinajstić information content (AvgIpc) is 3.20. The third kappa shape index (κ3) is 3.42. The van der Waals surface area contributed by atoms with Gasteiger partial charge in [0.05, 0.1) is 7.11 Å². The highest BCUT2D eigenvalue weighted by Gasteiger charge is 2.10. The van der Waals surface area contributed by atoms with Gasteiger partial charge in [0.15, 0.2) is 0 Å². The van der Waals surface area contributed by atoms with Gasteiger partial charge in [0.2, 0.25) is 11.8 Å². The largest absolute Gasteiger partial charge is 0.497 e. The maximum Gasteiger partial charge on any atom is 0.248 e. The minimum Gasteiger partial charge on any atom is -0.497 e. The average molecular weight is 344 g/mol. The van der Waals surface area contributed by atoms with Crippen molar-refractivity contribution < 1.29 is 13.9 Å². The molecule has 0 fully saturated rings. The molecule has 4 aromatic rings. The van der Waals surface area contributed by atoms with Crippen molar-refractivity contribution in [2.45, 2.75) is 0 Å². The smallest absolute Gasteiger partial charge is 0.248 e. The van der Waals surface area contributed by atoms with E-state index in [1.165, 1.54) is 0 Å². The number of aromatic nitrogens is 2. The van der Waals surface area contributed by atoms with Crippen LogP contribution in [0.2, 0.25) is 0 Å². The summed E-state index contributed by atoms with van der Waals surface area (Å²) in [4.78, 5) is 0. The predicted octanol–water partition coefficient (Wildman–Crippen LogP) is 5.20. The predicted molar refractivity (Wildman–Crippen MR) is 98.2 cm³/mol. The summed E-state index contributed by atoms with van der Waals surface area (Å²) in [7, 11) is 1.63. The fourth-order valence-electron chi connectivity index (χ4n) is 2.48. The van der Waals surface area contributed by atoms with Crippen LogP contribution in [0.4, 0.5) is 0 Å². The van der Waals surface area contributed by atoms with Gasteiger partial charge in [0.25, 0.3) is 0 Å². The van der Waals surface area contributed by atoms with E-state index in [0.29, 0.717) is 11.8 Å². The topological polar surface area (TPSA) is 57.4 Å². The summed E-state index contributed by atoms with van der Waals surface area (Å²) in [6, 6.07) is 24.6. The Morgan fingerprint density at radius 1 is 0.615 bits per heavy atom. The molecule has 3 aromatic carbocycles. The van der Waals surface area contributed by atoms with Gasteiger partial charge < -0.3 is 13.9 Å². The van der Waals surface area contributed by atoms with E-state index in [0.717, 1.165) is 28.4 Å². The molecule has 1 heterocycles. The van der Waals surface area contributed by atoms with Crippen molar-refractivity contribution in [2.24, 2.45) is 0 Å². The highest BCUT2D eigenvalue weighted by molar-refractivity contribution is 5.58. The zero-order valence-electron chi connectivity index (χ0n) is 14.1. The van der Waals surface area contributed by atoms with Crippen molar-refractivity contribution in [1.29, 1.82) is 0 Å². The second-order valence-corrected chi connectivity index (χ2v) is 5.58. The molecule has 0 saturated heterocycles. The van der Waals surface area contributed by atoms with E-state index in [1.807, 2.05) is 78.9 Å². The molecular weight excluding hydrogens is 328 g/mol. The summed E-state index contributed by atoms with van der Waals surface area (Å²) in [5.74, 6) is 3.22. The summed E-state index contributed by atoms with van der Waals surface area (Å²) in [6.07, 6.45) is 0. The summed E-state index contributed by atoms with van der Waals surface area (Å²) >= 11 is 0. The molecule has 0 spiro atoms. The van der Waals surface area contributed by atoms with Gasteiger partial charge in [-0.1, -0.05) is 18.2 Å². The van der Waals surface area contributed by atoms with Crippen molar-refractivity contribution in [3.05, 3.63) is 78.9 Å². The minimum absolute atomic E-state index is 0.472. The number of rotatable bonds is 5. The van der Waals surface area contributed by atoms with E-state index in [4.69, 9.17) is 13.9 Å². The number of hydrogen-bond acceptors (Lipinski definition) is 5. The van der Waals surface area contributed by atoms with Crippen molar-refractivity contribution in [3.63, 3.8) is 0 Å². The number of ether oxygens (including phenoxy) is 2. The molecule has 26 heavy (non-hydrogen) atoms. The second-order valence-electron chi connectivity index (χ2n) is 5.58. The fourth-order valence-corrected chi connectivity index (χ4v) is 2.48. The number of hydrogen-bond donors (Lipinski definition) is 0. The van der Waals surface area contributed by atoms with Gasteiger partial charge in [-0.3, -0.25) is 0 Å². The normalized spacial score (nSPS) is 10.5. The second kappa shape index (κ2) is 7.11. The van der Waals surface area contributed by atoms with Crippen LogP contribution in [0.15, 0.2) is 83.3 Å². The molecule has 128 valence electrons. The third-order valence-corrected chi connectivity index (χ3v) is 3.84. The van der Waals surface area contributed by atoms with E-state index in [2.05, 4.69) is 10.2 Å². The van der Waals surface area contributed by atoms with Gasteiger partial charge in [-0.25, -0.2) is 0 Å². The molecule has 0 aliphatic heterocycles. The number of nitrogens with zero attached hydrogens (tertiary/aromatic N) is 2. The Morgan fingerprint density at radius 3 is 1.69 bits per heavy atom. The van der Waals surface area contributed by atoms with E-state index < -0.39 is 0 Å². The number of benzene rings is 3. The molecule has 5 nitrogen and oxygen atoms in total. The summed E-state index contributed by atoms with van der Waals surface area (Å²) < 4.78 is 16.7. The molecule has 0 aliphatic rings.